The lowest BCUT2D eigenvalue weighted by molar-refractivity contribution is -0.137. The monoisotopic (exact) mass is 307 g/mol. The summed E-state index contributed by atoms with van der Waals surface area (Å²) in [6, 6.07) is 6.89. The largest absolute Gasteiger partial charge is 0.480 e. The predicted octanol–water partition coefficient (Wildman–Crippen LogP) is 0.604. The van der Waals surface area contributed by atoms with Crippen LogP contribution in [0.3, 0.4) is 0 Å². The Hall–Kier alpha value is -2.35. The molecular formula is C13H13N3O4S. The molecule has 1 aromatic carbocycles. The number of aliphatic carboxylic acids is 1. The number of amides is 1. The molecule has 3 N–H and O–H groups in total. The van der Waals surface area contributed by atoms with Gasteiger partial charge in [0.05, 0.1) is 16.2 Å². The Balaban J connectivity index is 2.14. The Morgan fingerprint density at radius 2 is 2.14 bits per heavy atom. The summed E-state index contributed by atoms with van der Waals surface area (Å²) < 4.78 is 0. The van der Waals surface area contributed by atoms with Gasteiger partial charge in [0.1, 0.15) is 6.54 Å². The number of H-pyrrole nitrogens is 1. The number of carbonyl (C=O) groups excluding carboxylic acids is 1. The van der Waals surface area contributed by atoms with Crippen LogP contribution in [0.15, 0.2) is 34.2 Å². The molecule has 0 aliphatic heterocycles. The molecule has 0 aliphatic carbocycles. The summed E-state index contributed by atoms with van der Waals surface area (Å²) >= 11 is 1.06. The molecule has 0 radical (unpaired) electrons. The number of carboxylic acids is 1. The van der Waals surface area contributed by atoms with E-state index < -0.39 is 23.7 Å². The van der Waals surface area contributed by atoms with E-state index in [2.05, 4.69) is 15.3 Å². The van der Waals surface area contributed by atoms with E-state index in [0.717, 1.165) is 11.8 Å². The Morgan fingerprint density at radius 3 is 2.86 bits per heavy atom. The highest BCUT2D eigenvalue weighted by Gasteiger charge is 2.16. The zero-order chi connectivity index (χ0) is 15.4. The number of para-hydroxylation sites is 1. The summed E-state index contributed by atoms with van der Waals surface area (Å²) in [5, 5.41) is 11.0. The fraction of sp³-hybridized carbons (Fsp3) is 0.231. The fourth-order valence-corrected chi connectivity index (χ4v) is 2.48. The lowest BCUT2D eigenvalue weighted by atomic mass is 10.2. The lowest BCUT2D eigenvalue weighted by Crippen LogP contribution is -2.35. The van der Waals surface area contributed by atoms with Crippen LogP contribution in [0.5, 0.6) is 0 Å². The molecule has 1 heterocycles. The third-order valence-electron chi connectivity index (χ3n) is 2.66. The molecule has 21 heavy (non-hydrogen) atoms. The van der Waals surface area contributed by atoms with Crippen LogP contribution in [-0.4, -0.2) is 38.7 Å². The maximum atomic E-state index is 11.9. The van der Waals surface area contributed by atoms with Gasteiger partial charge in [0, 0.05) is 0 Å². The third-order valence-corrected chi connectivity index (χ3v) is 3.65. The van der Waals surface area contributed by atoms with Gasteiger partial charge < -0.3 is 15.4 Å². The van der Waals surface area contributed by atoms with Crippen molar-refractivity contribution >= 4 is 34.5 Å². The van der Waals surface area contributed by atoms with E-state index in [1.807, 2.05) is 0 Å². The van der Waals surface area contributed by atoms with Gasteiger partial charge in [0.15, 0.2) is 5.16 Å². The standard InChI is InChI=1S/C13H13N3O4S/c1-7(11(19)14-6-10(17)18)21-13-15-9-5-3-2-4-8(9)12(20)16-13/h2-5,7H,6H2,1H3,(H,14,19)(H,17,18)(H,15,16,20)/t7-/m1/s1. The number of benzene rings is 1. The van der Waals surface area contributed by atoms with E-state index >= 15 is 0 Å². The molecule has 1 amide bonds. The first kappa shape index (κ1) is 15.0. The van der Waals surface area contributed by atoms with E-state index in [0.29, 0.717) is 16.1 Å². The van der Waals surface area contributed by atoms with Crippen LogP contribution in [0.25, 0.3) is 10.9 Å². The van der Waals surface area contributed by atoms with Crippen LogP contribution in [0.2, 0.25) is 0 Å². The highest BCUT2D eigenvalue weighted by molar-refractivity contribution is 8.00. The smallest absolute Gasteiger partial charge is 0.322 e. The van der Waals surface area contributed by atoms with Crippen LogP contribution < -0.4 is 10.9 Å². The van der Waals surface area contributed by atoms with Crippen LogP contribution in [0.1, 0.15) is 6.92 Å². The van der Waals surface area contributed by atoms with Crippen molar-refractivity contribution in [3.8, 4) is 0 Å². The van der Waals surface area contributed by atoms with E-state index in [1.54, 1.807) is 31.2 Å². The first-order valence-corrected chi connectivity index (χ1v) is 7.00. The van der Waals surface area contributed by atoms with Crippen molar-refractivity contribution in [3.05, 3.63) is 34.6 Å². The molecule has 0 saturated heterocycles. The summed E-state index contributed by atoms with van der Waals surface area (Å²) in [5.41, 5.74) is 0.267. The molecule has 1 aromatic heterocycles. The minimum atomic E-state index is -1.11. The highest BCUT2D eigenvalue weighted by atomic mass is 32.2. The SMILES string of the molecule is C[C@@H](Sc1nc2ccccc2c(=O)[nH]1)C(=O)NCC(=O)O. The molecule has 0 saturated carbocycles. The molecule has 0 aliphatic rings. The van der Waals surface area contributed by atoms with Crippen molar-refractivity contribution in [3.63, 3.8) is 0 Å². The quantitative estimate of drug-likeness (QED) is 0.551. The summed E-state index contributed by atoms with van der Waals surface area (Å²) in [6.45, 7) is 1.17. The maximum absolute atomic E-state index is 11.9. The number of rotatable bonds is 5. The zero-order valence-electron chi connectivity index (χ0n) is 11.1. The van der Waals surface area contributed by atoms with Crippen molar-refractivity contribution < 1.29 is 14.7 Å². The van der Waals surface area contributed by atoms with Gasteiger partial charge in [-0.3, -0.25) is 14.4 Å². The highest BCUT2D eigenvalue weighted by Crippen LogP contribution is 2.19. The molecule has 0 spiro atoms. The minimum Gasteiger partial charge on any atom is -0.480 e. The van der Waals surface area contributed by atoms with Crippen molar-refractivity contribution in [1.82, 2.24) is 15.3 Å². The molecule has 2 rings (SSSR count). The van der Waals surface area contributed by atoms with E-state index in [9.17, 15) is 14.4 Å². The van der Waals surface area contributed by atoms with Gasteiger partial charge in [0.2, 0.25) is 5.91 Å². The second-order valence-electron chi connectivity index (χ2n) is 4.26. The number of carboxylic acid groups (broad SMARTS) is 1. The van der Waals surface area contributed by atoms with Crippen LogP contribution in [0, 0.1) is 0 Å². The number of fused-ring (bicyclic) bond motifs is 1. The number of aromatic amines is 1. The van der Waals surface area contributed by atoms with Crippen molar-refractivity contribution in [2.24, 2.45) is 0 Å². The number of nitrogens with zero attached hydrogens (tertiary/aromatic N) is 1. The maximum Gasteiger partial charge on any atom is 0.322 e. The fourth-order valence-electron chi connectivity index (χ4n) is 1.65. The van der Waals surface area contributed by atoms with Gasteiger partial charge in [-0.15, -0.1) is 0 Å². The zero-order valence-corrected chi connectivity index (χ0v) is 11.9. The van der Waals surface area contributed by atoms with Gasteiger partial charge >= 0.3 is 5.97 Å². The second-order valence-corrected chi connectivity index (χ2v) is 5.59. The number of hydrogen-bond acceptors (Lipinski definition) is 5. The van der Waals surface area contributed by atoms with Gasteiger partial charge in [-0.25, -0.2) is 4.98 Å². The predicted molar refractivity (Wildman–Crippen MR) is 78.3 cm³/mol. The summed E-state index contributed by atoms with van der Waals surface area (Å²) in [5.74, 6) is -1.55. The third kappa shape index (κ3) is 3.82. The van der Waals surface area contributed by atoms with Crippen molar-refractivity contribution in [1.29, 1.82) is 0 Å². The number of thioether (sulfide) groups is 1. The first-order valence-electron chi connectivity index (χ1n) is 6.12. The van der Waals surface area contributed by atoms with Gasteiger partial charge in [-0.1, -0.05) is 23.9 Å². The molecular weight excluding hydrogens is 294 g/mol. The molecule has 7 nitrogen and oxygen atoms in total. The Kier molecular flexibility index (Phi) is 4.59. The first-order chi connectivity index (χ1) is 9.97. The van der Waals surface area contributed by atoms with Crippen molar-refractivity contribution in [2.45, 2.75) is 17.3 Å². The Labute approximate surface area is 123 Å². The van der Waals surface area contributed by atoms with Crippen LogP contribution in [0.4, 0.5) is 0 Å². The lowest BCUT2D eigenvalue weighted by Gasteiger charge is -2.10. The van der Waals surface area contributed by atoms with Crippen LogP contribution >= 0.6 is 11.8 Å². The normalized spacial score (nSPS) is 12.0. The van der Waals surface area contributed by atoms with E-state index in [4.69, 9.17) is 5.11 Å². The number of carbonyl (C=O) groups is 2. The average Bonchev–Trinajstić information content (AvgIpc) is 2.44. The summed E-state index contributed by atoms with van der Waals surface area (Å²) in [6.07, 6.45) is 0. The molecule has 2 aromatic rings. The Morgan fingerprint density at radius 1 is 1.43 bits per heavy atom. The molecule has 8 heteroatoms. The molecule has 0 unspecified atom stereocenters. The average molecular weight is 307 g/mol. The Bertz CT molecular complexity index is 744. The minimum absolute atomic E-state index is 0.277. The topological polar surface area (TPSA) is 112 Å². The molecule has 1 atom stereocenters. The van der Waals surface area contributed by atoms with Gasteiger partial charge in [-0.05, 0) is 19.1 Å². The molecule has 110 valence electrons. The summed E-state index contributed by atoms with van der Waals surface area (Å²) in [7, 11) is 0. The van der Waals surface area contributed by atoms with Crippen molar-refractivity contribution in [2.75, 3.05) is 6.54 Å². The number of aromatic nitrogens is 2. The summed E-state index contributed by atoms with van der Waals surface area (Å²) in [4.78, 5) is 40.8. The number of nitrogens with one attached hydrogen (secondary N) is 2. The second kappa shape index (κ2) is 6.40. The molecule has 0 bridgehead atoms. The van der Waals surface area contributed by atoms with Crippen LogP contribution in [-0.2, 0) is 9.59 Å². The van der Waals surface area contributed by atoms with E-state index in [-0.39, 0.29) is 5.56 Å². The van der Waals surface area contributed by atoms with Gasteiger partial charge in [0.25, 0.3) is 5.56 Å². The molecule has 0 fully saturated rings. The number of hydrogen-bond donors (Lipinski definition) is 3. The van der Waals surface area contributed by atoms with E-state index in [1.165, 1.54) is 0 Å². The van der Waals surface area contributed by atoms with Gasteiger partial charge in [-0.2, -0.15) is 0 Å².